The van der Waals surface area contributed by atoms with Gasteiger partial charge in [0.1, 0.15) is 12.4 Å². The molecule has 0 atom stereocenters. The average Bonchev–Trinajstić information content (AvgIpc) is 2.26. The minimum Gasteiger partial charge on any atom is -0.546 e. The van der Waals surface area contributed by atoms with Gasteiger partial charge in [-0.1, -0.05) is 23.2 Å². The summed E-state index contributed by atoms with van der Waals surface area (Å²) >= 11 is 11.3. The molecule has 0 unspecified atom stereocenters. The summed E-state index contributed by atoms with van der Waals surface area (Å²) in [5, 5.41) is 13.1. The third-order valence-electron chi connectivity index (χ3n) is 2.01. The molecule has 4 nitrogen and oxygen atoms in total. The zero-order chi connectivity index (χ0) is 15.7. The van der Waals surface area contributed by atoms with Crippen molar-refractivity contribution in [3.8, 4) is 5.75 Å². The van der Waals surface area contributed by atoms with E-state index >= 15 is 0 Å². The maximum atomic E-state index is 10.0. The number of carbonyl (C=O) groups excluding carboxylic acids is 1. The van der Waals surface area contributed by atoms with Gasteiger partial charge >= 0.3 is 0 Å². The summed E-state index contributed by atoms with van der Waals surface area (Å²) in [6.45, 7) is 8.31. The fourth-order valence-corrected chi connectivity index (χ4v) is 1.96. The molecular formula is C14H21Cl2NO3. The van der Waals surface area contributed by atoms with Crippen molar-refractivity contribution in [3.05, 3.63) is 28.2 Å². The summed E-state index contributed by atoms with van der Waals surface area (Å²) in [6.07, 6.45) is 0. The Balaban J connectivity index is 0.000000441. The predicted octanol–water partition coefficient (Wildman–Crippen LogP) is 1.49. The molecule has 114 valence electrons. The third-order valence-corrected chi connectivity index (χ3v) is 2.54. The summed E-state index contributed by atoms with van der Waals surface area (Å²) in [7, 11) is 0. The van der Waals surface area contributed by atoms with E-state index in [1.807, 2.05) is 0 Å². The molecule has 0 aliphatic rings. The molecule has 1 rings (SSSR count). The van der Waals surface area contributed by atoms with Crippen LogP contribution in [0.3, 0.4) is 0 Å². The van der Waals surface area contributed by atoms with Crippen LogP contribution in [0.15, 0.2) is 18.2 Å². The summed E-state index contributed by atoms with van der Waals surface area (Å²) in [5.41, 5.74) is 0. The van der Waals surface area contributed by atoms with Crippen LogP contribution in [0.2, 0.25) is 10.0 Å². The number of carboxylic acid groups (broad SMARTS) is 1. The first-order valence-electron chi connectivity index (χ1n) is 6.35. The Morgan fingerprint density at radius 1 is 1.25 bits per heavy atom. The SMILES string of the molecule is CC(C)[NH2+]C(C)C.O=C([O-])COc1ccc(Cl)cc1Cl. The fourth-order valence-electron chi connectivity index (χ4n) is 1.50. The first-order chi connectivity index (χ1) is 9.22. The first-order valence-corrected chi connectivity index (χ1v) is 7.10. The van der Waals surface area contributed by atoms with E-state index in [-0.39, 0.29) is 10.8 Å². The van der Waals surface area contributed by atoms with E-state index in [9.17, 15) is 9.90 Å². The molecule has 2 N–H and O–H groups in total. The first kappa shape index (κ1) is 19.0. The summed E-state index contributed by atoms with van der Waals surface area (Å²) in [6, 6.07) is 6.01. The lowest BCUT2D eigenvalue weighted by molar-refractivity contribution is -0.709. The number of carboxylic acids is 1. The smallest absolute Gasteiger partial charge is 0.138 e. The second-order valence-electron chi connectivity index (χ2n) is 4.92. The number of hydrogen-bond donors (Lipinski definition) is 1. The summed E-state index contributed by atoms with van der Waals surface area (Å²) < 4.78 is 4.80. The number of aliphatic carboxylic acids is 1. The number of hydrogen-bond acceptors (Lipinski definition) is 3. The van der Waals surface area contributed by atoms with E-state index < -0.39 is 12.6 Å². The lowest BCUT2D eigenvalue weighted by atomic mass is 10.3. The van der Waals surface area contributed by atoms with Gasteiger partial charge in [-0.15, -0.1) is 0 Å². The average molecular weight is 322 g/mol. The van der Waals surface area contributed by atoms with Gasteiger partial charge in [-0.25, -0.2) is 0 Å². The van der Waals surface area contributed by atoms with Crippen LogP contribution < -0.4 is 15.2 Å². The zero-order valence-electron chi connectivity index (χ0n) is 12.2. The van der Waals surface area contributed by atoms with E-state index in [0.717, 1.165) is 12.1 Å². The maximum absolute atomic E-state index is 10.0. The van der Waals surface area contributed by atoms with E-state index in [1.54, 1.807) is 6.07 Å². The van der Waals surface area contributed by atoms with Crippen molar-refractivity contribution < 1.29 is 20.0 Å². The minimum absolute atomic E-state index is 0.272. The van der Waals surface area contributed by atoms with Gasteiger partial charge in [-0.05, 0) is 45.9 Å². The standard InChI is InChI=1S/C8H6Cl2O3.C6H15N/c9-5-1-2-7(6(10)3-5)13-4-8(11)12;1-5(2)7-6(3)4/h1-3H,4H2,(H,11,12);5-7H,1-4H3. The molecule has 0 heterocycles. The molecule has 0 bridgehead atoms. The van der Waals surface area contributed by atoms with Crippen molar-refractivity contribution in [3.63, 3.8) is 0 Å². The highest BCUT2D eigenvalue weighted by atomic mass is 35.5. The molecule has 1 aromatic carbocycles. The lowest BCUT2D eigenvalue weighted by Crippen LogP contribution is -2.92. The second kappa shape index (κ2) is 9.86. The number of ether oxygens (including phenoxy) is 1. The fraction of sp³-hybridized carbons (Fsp3) is 0.500. The van der Waals surface area contributed by atoms with E-state index in [2.05, 4.69) is 33.0 Å². The molecule has 1 aromatic rings. The van der Waals surface area contributed by atoms with Crippen molar-refractivity contribution in [1.29, 1.82) is 0 Å². The van der Waals surface area contributed by atoms with Gasteiger partial charge in [-0.3, -0.25) is 0 Å². The second-order valence-corrected chi connectivity index (χ2v) is 5.76. The van der Waals surface area contributed by atoms with Gasteiger partial charge in [0, 0.05) is 5.02 Å². The summed E-state index contributed by atoms with van der Waals surface area (Å²) in [4.78, 5) is 10.0. The monoisotopic (exact) mass is 321 g/mol. The molecule has 0 fully saturated rings. The number of benzene rings is 1. The molecule has 20 heavy (non-hydrogen) atoms. The topological polar surface area (TPSA) is 66.0 Å². The van der Waals surface area contributed by atoms with Crippen molar-refractivity contribution in [2.75, 3.05) is 6.61 Å². The number of nitrogens with two attached hydrogens (primary N) is 1. The Morgan fingerprint density at radius 2 is 1.80 bits per heavy atom. The molecule has 0 aromatic heterocycles. The summed E-state index contributed by atoms with van der Waals surface area (Å²) in [5.74, 6) is -1.03. The van der Waals surface area contributed by atoms with Crippen LogP contribution in [-0.2, 0) is 4.79 Å². The Morgan fingerprint density at radius 3 is 2.15 bits per heavy atom. The predicted molar refractivity (Wildman–Crippen MR) is 79.2 cm³/mol. The van der Waals surface area contributed by atoms with Crippen molar-refractivity contribution >= 4 is 29.2 Å². The number of rotatable bonds is 5. The number of carbonyl (C=O) groups is 1. The van der Waals surface area contributed by atoms with E-state index in [0.29, 0.717) is 5.02 Å². The molecular weight excluding hydrogens is 301 g/mol. The quantitative estimate of drug-likeness (QED) is 0.893. The van der Waals surface area contributed by atoms with Crippen LogP contribution in [0.4, 0.5) is 0 Å². The van der Waals surface area contributed by atoms with Crippen molar-refractivity contribution in [2.24, 2.45) is 0 Å². The van der Waals surface area contributed by atoms with Crippen LogP contribution in [0.1, 0.15) is 27.7 Å². The van der Waals surface area contributed by atoms with Crippen LogP contribution in [0.5, 0.6) is 5.75 Å². The van der Waals surface area contributed by atoms with Gasteiger partial charge < -0.3 is 20.0 Å². The zero-order valence-corrected chi connectivity index (χ0v) is 13.7. The molecule has 0 aliphatic heterocycles. The normalized spacial score (nSPS) is 10.2. The van der Waals surface area contributed by atoms with E-state index in [4.69, 9.17) is 27.9 Å². The van der Waals surface area contributed by atoms with Crippen LogP contribution in [0, 0.1) is 0 Å². The Hall–Kier alpha value is -0.970. The van der Waals surface area contributed by atoms with Gasteiger partial charge in [-0.2, -0.15) is 0 Å². The Labute approximate surface area is 130 Å². The Kier molecular flexibility index (Phi) is 9.38. The van der Waals surface area contributed by atoms with Gasteiger partial charge in [0.05, 0.1) is 23.1 Å². The maximum Gasteiger partial charge on any atom is 0.138 e. The van der Waals surface area contributed by atoms with Gasteiger partial charge in [0.25, 0.3) is 0 Å². The van der Waals surface area contributed by atoms with Crippen molar-refractivity contribution in [1.82, 2.24) is 0 Å². The lowest BCUT2D eigenvalue weighted by Gasteiger charge is -2.07. The molecule has 0 radical (unpaired) electrons. The molecule has 0 amide bonds. The molecule has 6 heteroatoms. The minimum atomic E-state index is -1.30. The highest BCUT2D eigenvalue weighted by molar-refractivity contribution is 6.35. The number of quaternary nitrogens is 1. The molecule has 0 spiro atoms. The highest BCUT2D eigenvalue weighted by Crippen LogP contribution is 2.27. The molecule has 0 saturated heterocycles. The highest BCUT2D eigenvalue weighted by Gasteiger charge is 2.01. The third kappa shape index (κ3) is 9.89. The van der Waals surface area contributed by atoms with Gasteiger partial charge in [0.2, 0.25) is 0 Å². The van der Waals surface area contributed by atoms with Gasteiger partial charge in [0.15, 0.2) is 0 Å². The van der Waals surface area contributed by atoms with Crippen LogP contribution in [0.25, 0.3) is 0 Å². The van der Waals surface area contributed by atoms with Crippen molar-refractivity contribution in [2.45, 2.75) is 39.8 Å². The molecule has 0 aliphatic carbocycles. The van der Waals surface area contributed by atoms with Crippen LogP contribution >= 0.6 is 23.2 Å². The number of halogens is 2. The largest absolute Gasteiger partial charge is 0.546 e. The van der Waals surface area contributed by atoms with E-state index in [1.165, 1.54) is 12.1 Å². The van der Waals surface area contributed by atoms with Crippen LogP contribution in [-0.4, -0.2) is 24.7 Å². The Bertz CT molecular complexity index is 417. The molecule has 0 saturated carbocycles.